The molecule has 33 heavy (non-hydrogen) atoms. The summed E-state index contributed by atoms with van der Waals surface area (Å²) < 4.78 is 4.99. The molecule has 1 saturated carbocycles. The van der Waals surface area contributed by atoms with Gasteiger partial charge in [-0.15, -0.1) is 0 Å². The molecule has 3 N–H and O–H groups in total. The molecule has 176 valence electrons. The molecule has 4 rings (SSSR count). The molecule has 9 nitrogen and oxygen atoms in total. The van der Waals surface area contributed by atoms with Gasteiger partial charge in [0, 0.05) is 42.7 Å². The highest BCUT2D eigenvalue weighted by Crippen LogP contribution is 2.39. The number of carbonyl (C=O) groups is 2. The van der Waals surface area contributed by atoms with Gasteiger partial charge in [-0.1, -0.05) is 17.7 Å². The number of carbonyl (C=O) groups excluding carboxylic acids is 2. The lowest BCUT2D eigenvalue weighted by Gasteiger charge is -2.48. The van der Waals surface area contributed by atoms with Gasteiger partial charge in [-0.3, -0.25) is 14.5 Å². The van der Waals surface area contributed by atoms with Crippen molar-refractivity contribution in [1.82, 2.24) is 25.5 Å². The fourth-order valence-corrected chi connectivity index (χ4v) is 4.63. The molecule has 0 radical (unpaired) electrons. The maximum absolute atomic E-state index is 12.2. The molecule has 9 heteroatoms. The van der Waals surface area contributed by atoms with Crippen molar-refractivity contribution in [2.45, 2.75) is 50.3 Å². The van der Waals surface area contributed by atoms with E-state index in [9.17, 15) is 14.7 Å². The molecule has 0 atom stereocenters. The van der Waals surface area contributed by atoms with Crippen LogP contribution in [0.1, 0.15) is 47.2 Å². The van der Waals surface area contributed by atoms with Gasteiger partial charge >= 0.3 is 6.01 Å². The molecule has 2 fully saturated rings. The zero-order valence-electron chi connectivity index (χ0n) is 19.1. The van der Waals surface area contributed by atoms with E-state index >= 15 is 0 Å². The van der Waals surface area contributed by atoms with Crippen LogP contribution in [0.15, 0.2) is 36.7 Å². The summed E-state index contributed by atoms with van der Waals surface area (Å²) in [6, 6.07) is 8.04. The molecule has 2 amide bonds. The number of aliphatic hydroxyl groups is 1. The number of aryl methyl sites for hydroxylation is 1. The maximum atomic E-state index is 12.2. The zero-order chi connectivity index (χ0) is 23.4. The summed E-state index contributed by atoms with van der Waals surface area (Å²) in [7, 11) is 1.51. The summed E-state index contributed by atoms with van der Waals surface area (Å²) >= 11 is 0. The van der Waals surface area contributed by atoms with E-state index in [1.807, 2.05) is 19.1 Å². The summed E-state index contributed by atoms with van der Waals surface area (Å²) in [5, 5.41) is 16.7. The first-order valence-electron chi connectivity index (χ1n) is 11.3. The highest BCUT2D eigenvalue weighted by atomic mass is 16.5. The highest BCUT2D eigenvalue weighted by Gasteiger charge is 2.40. The minimum atomic E-state index is -0.906. The predicted octanol–water partition coefficient (Wildman–Crippen LogP) is 1.15. The molecule has 1 saturated heterocycles. The Balaban J connectivity index is 1.17. The molecule has 1 aliphatic heterocycles. The van der Waals surface area contributed by atoms with E-state index in [1.165, 1.54) is 7.11 Å². The van der Waals surface area contributed by atoms with Crippen LogP contribution < -0.4 is 15.4 Å². The number of amides is 2. The van der Waals surface area contributed by atoms with Gasteiger partial charge < -0.3 is 20.5 Å². The number of aromatic nitrogens is 2. The standard InChI is InChI=1S/C24H31N5O4/c1-16-4-3-5-17(10-16)22(31)25-13-21(30)28-19-14-29(15-19)20-6-8-24(32,9-7-20)18-11-26-23(33-2)27-12-18/h3-5,10-12,19-20,32H,6-9,13-15H2,1-2H3,(H,25,31)(H,28,30). The smallest absolute Gasteiger partial charge is 0.316 e. The normalized spacial score (nSPS) is 23.4. The Kier molecular flexibility index (Phi) is 6.90. The van der Waals surface area contributed by atoms with E-state index in [0.29, 0.717) is 30.5 Å². The van der Waals surface area contributed by atoms with Crippen LogP contribution in [0.5, 0.6) is 6.01 Å². The van der Waals surface area contributed by atoms with Gasteiger partial charge in [0.2, 0.25) is 5.91 Å². The average molecular weight is 454 g/mol. The SMILES string of the molecule is COc1ncc(C2(O)CCC(N3CC(NC(=O)CNC(=O)c4cccc(C)c4)C3)CC2)cn1. The van der Waals surface area contributed by atoms with Gasteiger partial charge in [0.1, 0.15) is 0 Å². The second-order valence-electron chi connectivity index (χ2n) is 8.99. The van der Waals surface area contributed by atoms with Crippen LogP contribution in [0.25, 0.3) is 0 Å². The van der Waals surface area contributed by atoms with Crippen LogP contribution in [0.3, 0.4) is 0 Å². The first-order chi connectivity index (χ1) is 15.9. The van der Waals surface area contributed by atoms with Crippen molar-refractivity contribution in [2.24, 2.45) is 0 Å². The van der Waals surface area contributed by atoms with Gasteiger partial charge in [0.15, 0.2) is 0 Å². The summed E-state index contributed by atoms with van der Waals surface area (Å²) in [6.45, 7) is 3.45. The molecule has 0 unspecified atom stereocenters. The number of rotatable bonds is 7. The van der Waals surface area contributed by atoms with Crippen LogP contribution in [0.2, 0.25) is 0 Å². The number of hydrogen-bond donors (Lipinski definition) is 3. The maximum Gasteiger partial charge on any atom is 0.316 e. The minimum absolute atomic E-state index is 0.0380. The number of nitrogens with one attached hydrogen (secondary N) is 2. The molecule has 0 spiro atoms. The predicted molar refractivity (Wildman–Crippen MR) is 122 cm³/mol. The van der Waals surface area contributed by atoms with Gasteiger partial charge in [-0.2, -0.15) is 0 Å². The topological polar surface area (TPSA) is 117 Å². The number of nitrogens with zero attached hydrogens (tertiary/aromatic N) is 3. The van der Waals surface area contributed by atoms with Crippen LogP contribution in [-0.2, 0) is 10.4 Å². The summed E-state index contributed by atoms with van der Waals surface area (Å²) in [6.07, 6.45) is 6.31. The molecular weight excluding hydrogens is 422 g/mol. The van der Waals surface area contributed by atoms with Crippen molar-refractivity contribution >= 4 is 11.8 Å². The molecule has 2 aliphatic rings. The molecule has 1 aromatic heterocycles. The Morgan fingerprint density at radius 1 is 1.21 bits per heavy atom. The minimum Gasteiger partial charge on any atom is -0.467 e. The monoisotopic (exact) mass is 453 g/mol. The fourth-order valence-electron chi connectivity index (χ4n) is 4.63. The van der Waals surface area contributed by atoms with E-state index in [1.54, 1.807) is 24.5 Å². The Bertz CT molecular complexity index is 983. The molecule has 2 aromatic rings. The van der Waals surface area contributed by atoms with E-state index in [-0.39, 0.29) is 24.4 Å². The van der Waals surface area contributed by atoms with Crippen LogP contribution in [0, 0.1) is 6.92 Å². The lowest BCUT2D eigenvalue weighted by Crippen LogP contribution is -2.63. The number of ether oxygens (including phenoxy) is 1. The lowest BCUT2D eigenvalue weighted by molar-refractivity contribution is -0.122. The number of methoxy groups -OCH3 is 1. The third kappa shape index (κ3) is 5.48. The Morgan fingerprint density at radius 2 is 1.91 bits per heavy atom. The Labute approximate surface area is 193 Å². The zero-order valence-corrected chi connectivity index (χ0v) is 19.1. The molecule has 2 heterocycles. The van der Waals surface area contributed by atoms with Crippen molar-refractivity contribution in [2.75, 3.05) is 26.7 Å². The number of hydrogen-bond acceptors (Lipinski definition) is 7. The van der Waals surface area contributed by atoms with E-state index in [0.717, 1.165) is 37.1 Å². The van der Waals surface area contributed by atoms with Crippen LogP contribution in [0.4, 0.5) is 0 Å². The first kappa shape index (κ1) is 23.1. The summed E-state index contributed by atoms with van der Waals surface area (Å²) in [5.41, 5.74) is 1.37. The highest BCUT2D eigenvalue weighted by molar-refractivity contribution is 5.96. The van der Waals surface area contributed by atoms with Crippen LogP contribution >= 0.6 is 0 Å². The van der Waals surface area contributed by atoms with Gasteiger partial charge in [-0.25, -0.2) is 9.97 Å². The van der Waals surface area contributed by atoms with Gasteiger partial charge in [-0.05, 0) is 44.7 Å². The number of likely N-dealkylation sites (tertiary alicyclic amines) is 1. The molecule has 0 bridgehead atoms. The van der Waals surface area contributed by atoms with Crippen molar-refractivity contribution in [3.05, 3.63) is 53.3 Å². The second kappa shape index (κ2) is 9.84. The third-order valence-electron chi connectivity index (χ3n) is 6.61. The van der Waals surface area contributed by atoms with E-state index < -0.39 is 5.60 Å². The van der Waals surface area contributed by atoms with Gasteiger partial charge in [0.25, 0.3) is 5.91 Å². The third-order valence-corrected chi connectivity index (χ3v) is 6.61. The largest absolute Gasteiger partial charge is 0.467 e. The van der Waals surface area contributed by atoms with E-state index in [4.69, 9.17) is 4.74 Å². The summed E-state index contributed by atoms with van der Waals surface area (Å²) in [4.78, 5) is 35.0. The molecule has 1 aliphatic carbocycles. The Morgan fingerprint density at radius 3 is 2.55 bits per heavy atom. The Hall–Kier alpha value is -3.04. The van der Waals surface area contributed by atoms with Crippen LogP contribution in [-0.4, -0.2) is 70.6 Å². The average Bonchev–Trinajstić information content (AvgIpc) is 2.80. The summed E-state index contributed by atoms with van der Waals surface area (Å²) in [5.74, 6) is -0.431. The number of benzene rings is 1. The quantitative estimate of drug-likeness (QED) is 0.576. The van der Waals surface area contributed by atoms with Crippen molar-refractivity contribution in [1.29, 1.82) is 0 Å². The fraction of sp³-hybridized carbons (Fsp3) is 0.500. The van der Waals surface area contributed by atoms with Crippen molar-refractivity contribution in [3.63, 3.8) is 0 Å². The van der Waals surface area contributed by atoms with Crippen molar-refractivity contribution < 1.29 is 19.4 Å². The van der Waals surface area contributed by atoms with E-state index in [2.05, 4.69) is 25.5 Å². The molecular formula is C24H31N5O4. The van der Waals surface area contributed by atoms with Gasteiger partial charge in [0.05, 0.1) is 25.3 Å². The second-order valence-corrected chi connectivity index (χ2v) is 8.99. The van der Waals surface area contributed by atoms with Crippen molar-refractivity contribution in [3.8, 4) is 6.01 Å². The lowest BCUT2D eigenvalue weighted by atomic mass is 9.77. The first-order valence-corrected chi connectivity index (χ1v) is 11.3. The molecule has 1 aromatic carbocycles.